The van der Waals surface area contributed by atoms with Gasteiger partial charge in [-0.3, -0.25) is 14.6 Å². The molecule has 3 aromatic carbocycles. The average Bonchev–Trinajstić information content (AvgIpc) is 3.55. The van der Waals surface area contributed by atoms with E-state index in [1.54, 1.807) is 7.11 Å². The van der Waals surface area contributed by atoms with E-state index in [9.17, 15) is 4.79 Å². The van der Waals surface area contributed by atoms with Gasteiger partial charge in [0.25, 0.3) is 0 Å². The van der Waals surface area contributed by atoms with Gasteiger partial charge in [-0.1, -0.05) is 44.2 Å². The summed E-state index contributed by atoms with van der Waals surface area (Å²) in [7, 11) is 1.67. The van der Waals surface area contributed by atoms with E-state index in [1.807, 2.05) is 30.3 Å². The predicted molar refractivity (Wildman–Crippen MR) is 176 cm³/mol. The highest BCUT2D eigenvalue weighted by molar-refractivity contribution is 5.93. The van der Waals surface area contributed by atoms with Crippen LogP contribution in [0.4, 0.5) is 5.69 Å². The molecule has 3 heterocycles. The van der Waals surface area contributed by atoms with E-state index in [4.69, 9.17) is 19.9 Å². The van der Waals surface area contributed by atoms with Gasteiger partial charge >= 0.3 is 0 Å². The van der Waals surface area contributed by atoms with Gasteiger partial charge in [-0.2, -0.15) is 0 Å². The Labute approximate surface area is 267 Å². The number of piperidine rings is 1. The number of ether oxygens (including phenoxy) is 3. The second-order valence-electron chi connectivity index (χ2n) is 13.7. The van der Waals surface area contributed by atoms with Crippen LogP contribution in [-0.4, -0.2) is 68.4 Å². The molecule has 3 aromatic rings. The lowest BCUT2D eigenvalue weighted by atomic mass is 9.59. The van der Waals surface area contributed by atoms with Crippen molar-refractivity contribution in [3.8, 4) is 17.2 Å². The third-order valence-electron chi connectivity index (χ3n) is 10.8. The maximum Gasteiger partial charge on any atom is 0.248 e. The Morgan fingerprint density at radius 3 is 2.40 bits per heavy atom. The third kappa shape index (κ3) is 5.74. The van der Waals surface area contributed by atoms with Crippen LogP contribution in [0.15, 0.2) is 60.7 Å². The van der Waals surface area contributed by atoms with Crippen molar-refractivity contribution in [3.63, 3.8) is 0 Å². The van der Waals surface area contributed by atoms with Crippen molar-refractivity contribution in [3.05, 3.63) is 82.9 Å². The minimum Gasteiger partial charge on any atom is -0.493 e. The number of hydrogen-bond acceptors (Lipinski definition) is 7. The standard InChI is InChI=1S/C37H46N4O4/c1-25(2)30-6-4-5-7-31(30)32-23-39(22-27-10-13-33(43-3)35-34(27)44-24-45-35)18-19-41(32)29-20-37(21-29)14-16-40(17-15-37)28-11-8-26(9-12-28)36(38)42/h4-13,25,29,32H,14-24H2,1-3H3,(H2,38,42)/t32-/m0/s1. The minimum absolute atomic E-state index is 0.240. The summed E-state index contributed by atoms with van der Waals surface area (Å²) in [6, 6.07) is 22.0. The van der Waals surface area contributed by atoms with Crippen molar-refractivity contribution in [2.75, 3.05) is 51.5 Å². The van der Waals surface area contributed by atoms with Gasteiger partial charge in [-0.15, -0.1) is 0 Å². The molecule has 1 saturated carbocycles. The van der Waals surface area contributed by atoms with Crippen LogP contribution in [0.25, 0.3) is 0 Å². The molecule has 0 unspecified atom stereocenters. The Morgan fingerprint density at radius 1 is 0.956 bits per heavy atom. The first kappa shape index (κ1) is 29.9. The molecule has 238 valence electrons. The Balaban J connectivity index is 1.05. The molecule has 1 amide bonds. The smallest absolute Gasteiger partial charge is 0.248 e. The lowest BCUT2D eigenvalue weighted by Gasteiger charge is -2.58. The lowest BCUT2D eigenvalue weighted by molar-refractivity contribution is -0.0628. The number of nitrogens with zero attached hydrogens (tertiary/aromatic N) is 3. The van der Waals surface area contributed by atoms with Crippen LogP contribution in [-0.2, 0) is 6.54 Å². The summed E-state index contributed by atoms with van der Waals surface area (Å²) in [5.41, 5.74) is 11.7. The van der Waals surface area contributed by atoms with Gasteiger partial charge in [-0.25, -0.2) is 0 Å². The normalized spacial score (nSPS) is 21.7. The summed E-state index contributed by atoms with van der Waals surface area (Å²) in [4.78, 5) is 19.4. The van der Waals surface area contributed by atoms with E-state index in [0.717, 1.165) is 62.1 Å². The van der Waals surface area contributed by atoms with Gasteiger partial charge in [0, 0.05) is 68.2 Å². The summed E-state index contributed by atoms with van der Waals surface area (Å²) >= 11 is 0. The van der Waals surface area contributed by atoms with Crippen LogP contribution >= 0.6 is 0 Å². The second kappa shape index (κ2) is 12.2. The number of carbonyl (C=O) groups excluding carboxylic acids is 1. The Hall–Kier alpha value is -3.75. The van der Waals surface area contributed by atoms with Crippen LogP contribution in [0.2, 0.25) is 0 Å². The molecule has 2 N–H and O–H groups in total. The zero-order valence-corrected chi connectivity index (χ0v) is 26.8. The van der Waals surface area contributed by atoms with E-state index in [2.05, 4.69) is 58.9 Å². The maximum atomic E-state index is 11.5. The summed E-state index contributed by atoms with van der Waals surface area (Å²) < 4.78 is 17.2. The van der Waals surface area contributed by atoms with Gasteiger partial charge < -0.3 is 24.8 Å². The maximum absolute atomic E-state index is 11.5. The van der Waals surface area contributed by atoms with Gasteiger partial charge in [0.15, 0.2) is 11.5 Å². The summed E-state index contributed by atoms with van der Waals surface area (Å²) in [5.74, 6) is 2.38. The molecule has 3 fully saturated rings. The number of fused-ring (bicyclic) bond motifs is 1. The van der Waals surface area contributed by atoms with Crippen molar-refractivity contribution < 1.29 is 19.0 Å². The molecule has 8 heteroatoms. The molecule has 1 atom stereocenters. The van der Waals surface area contributed by atoms with Crippen LogP contribution in [0, 0.1) is 5.41 Å². The number of piperazine rings is 1. The number of methoxy groups -OCH3 is 1. The van der Waals surface area contributed by atoms with Gasteiger partial charge in [0.05, 0.1) is 7.11 Å². The molecule has 45 heavy (non-hydrogen) atoms. The fraction of sp³-hybridized carbons (Fsp3) is 0.486. The highest BCUT2D eigenvalue weighted by Crippen LogP contribution is 2.53. The van der Waals surface area contributed by atoms with Gasteiger partial charge in [0.1, 0.15) is 0 Å². The second-order valence-corrected chi connectivity index (χ2v) is 13.7. The number of rotatable bonds is 8. The topological polar surface area (TPSA) is 80.5 Å². The lowest BCUT2D eigenvalue weighted by Crippen LogP contribution is -2.60. The van der Waals surface area contributed by atoms with Crippen molar-refractivity contribution in [2.24, 2.45) is 11.1 Å². The molecule has 0 bridgehead atoms. The highest BCUT2D eigenvalue weighted by atomic mass is 16.7. The first-order chi connectivity index (χ1) is 21.8. The number of anilines is 1. The zero-order valence-electron chi connectivity index (χ0n) is 26.8. The predicted octanol–water partition coefficient (Wildman–Crippen LogP) is 5.95. The van der Waals surface area contributed by atoms with E-state index in [-0.39, 0.29) is 12.7 Å². The monoisotopic (exact) mass is 610 g/mol. The van der Waals surface area contributed by atoms with Crippen molar-refractivity contribution in [1.82, 2.24) is 9.80 Å². The third-order valence-corrected chi connectivity index (χ3v) is 10.8. The molecular formula is C37H46N4O4. The van der Waals surface area contributed by atoms with E-state index < -0.39 is 0 Å². The minimum atomic E-state index is -0.373. The molecule has 0 aromatic heterocycles. The molecular weight excluding hydrogens is 564 g/mol. The fourth-order valence-corrected chi connectivity index (χ4v) is 8.26. The summed E-state index contributed by atoms with van der Waals surface area (Å²) in [6.07, 6.45) is 5.00. The first-order valence-corrected chi connectivity index (χ1v) is 16.5. The van der Waals surface area contributed by atoms with Crippen molar-refractivity contribution in [1.29, 1.82) is 0 Å². The Morgan fingerprint density at radius 2 is 1.69 bits per heavy atom. The molecule has 0 radical (unpaired) electrons. The first-order valence-electron chi connectivity index (χ1n) is 16.5. The summed E-state index contributed by atoms with van der Waals surface area (Å²) in [5, 5.41) is 0. The van der Waals surface area contributed by atoms with Crippen molar-refractivity contribution in [2.45, 2.75) is 64.1 Å². The van der Waals surface area contributed by atoms with Crippen LogP contribution in [0.3, 0.4) is 0 Å². The highest BCUT2D eigenvalue weighted by Gasteiger charge is 2.50. The van der Waals surface area contributed by atoms with E-state index in [0.29, 0.717) is 29.0 Å². The number of nitrogens with two attached hydrogens (primary N) is 1. The number of benzene rings is 3. The van der Waals surface area contributed by atoms with Crippen LogP contribution in [0.5, 0.6) is 17.2 Å². The fourth-order valence-electron chi connectivity index (χ4n) is 8.26. The van der Waals surface area contributed by atoms with Gasteiger partial charge in [-0.05, 0) is 78.5 Å². The molecule has 2 saturated heterocycles. The molecule has 1 aliphatic carbocycles. The van der Waals surface area contributed by atoms with E-state index >= 15 is 0 Å². The Bertz CT molecular complexity index is 1520. The summed E-state index contributed by atoms with van der Waals surface area (Å²) in [6.45, 7) is 10.9. The molecule has 1 spiro atoms. The number of carbonyl (C=O) groups is 1. The number of amides is 1. The molecule has 8 nitrogen and oxygen atoms in total. The van der Waals surface area contributed by atoms with Gasteiger partial charge in [0.2, 0.25) is 18.4 Å². The van der Waals surface area contributed by atoms with Crippen LogP contribution < -0.4 is 24.8 Å². The molecule has 4 aliphatic rings. The quantitative estimate of drug-likeness (QED) is 0.338. The zero-order chi connectivity index (χ0) is 31.1. The average molecular weight is 611 g/mol. The van der Waals surface area contributed by atoms with E-state index in [1.165, 1.54) is 42.5 Å². The Kier molecular flexibility index (Phi) is 8.12. The van der Waals surface area contributed by atoms with Crippen LogP contribution in [0.1, 0.15) is 78.5 Å². The number of hydrogen-bond donors (Lipinski definition) is 1. The molecule has 3 aliphatic heterocycles. The molecule has 7 rings (SSSR count). The van der Waals surface area contributed by atoms with Crippen molar-refractivity contribution >= 4 is 11.6 Å². The largest absolute Gasteiger partial charge is 0.493 e. The number of primary amides is 1. The SMILES string of the molecule is COc1ccc(CN2CCN(C3CC4(CCN(c5ccc(C(N)=O)cc5)CC4)C3)[C@H](c3ccccc3C(C)C)C2)c2c1OCO2.